The molecule has 1 aliphatic rings. The molecule has 2 aromatic rings. The maximum atomic E-state index is 12.2. The Kier molecular flexibility index (Phi) is 3.68. The van der Waals surface area contributed by atoms with Crippen molar-refractivity contribution in [1.82, 2.24) is 15.2 Å². The quantitative estimate of drug-likeness (QED) is 0.899. The zero-order valence-electron chi connectivity index (χ0n) is 11.5. The fraction of sp³-hybridized carbons (Fsp3) is 0.417. The van der Waals surface area contributed by atoms with Gasteiger partial charge in [0, 0.05) is 5.92 Å². The number of carbonyl (C=O) groups is 2. The molecular formula is C12H13N5O2S2. The molecule has 2 amide bonds. The Hall–Kier alpha value is -1.87. The smallest absolute Gasteiger partial charge is 0.269 e. The molecule has 0 aliphatic heterocycles. The van der Waals surface area contributed by atoms with Crippen LogP contribution in [-0.2, 0) is 4.79 Å². The van der Waals surface area contributed by atoms with Crippen molar-refractivity contribution in [2.24, 2.45) is 5.92 Å². The van der Waals surface area contributed by atoms with Gasteiger partial charge in [-0.25, -0.2) is 4.98 Å². The summed E-state index contributed by atoms with van der Waals surface area (Å²) in [5, 5.41) is 14.8. The number of hydrogen-bond acceptors (Lipinski definition) is 7. The van der Waals surface area contributed by atoms with Crippen LogP contribution in [0.5, 0.6) is 0 Å². The summed E-state index contributed by atoms with van der Waals surface area (Å²) in [4.78, 5) is 28.6. The summed E-state index contributed by atoms with van der Waals surface area (Å²) >= 11 is 2.48. The van der Waals surface area contributed by atoms with Crippen LogP contribution in [0.15, 0.2) is 0 Å². The van der Waals surface area contributed by atoms with Gasteiger partial charge >= 0.3 is 0 Å². The molecule has 0 bridgehead atoms. The molecule has 1 fully saturated rings. The number of anilines is 2. The number of nitrogens with one attached hydrogen (secondary N) is 2. The Labute approximate surface area is 128 Å². The molecule has 0 atom stereocenters. The molecule has 2 heterocycles. The Balaban J connectivity index is 1.70. The van der Waals surface area contributed by atoms with Gasteiger partial charge < -0.3 is 5.32 Å². The number of carbonyl (C=O) groups excluding carboxylic acids is 2. The van der Waals surface area contributed by atoms with E-state index in [4.69, 9.17) is 0 Å². The van der Waals surface area contributed by atoms with Crippen molar-refractivity contribution in [3.05, 3.63) is 15.6 Å². The Morgan fingerprint density at radius 1 is 1.10 bits per heavy atom. The van der Waals surface area contributed by atoms with Gasteiger partial charge in [-0.05, 0) is 26.7 Å². The molecule has 3 rings (SSSR count). The molecule has 0 unspecified atom stereocenters. The van der Waals surface area contributed by atoms with Crippen molar-refractivity contribution < 1.29 is 9.59 Å². The summed E-state index contributed by atoms with van der Waals surface area (Å²) in [6.07, 6.45) is 1.86. The minimum atomic E-state index is -0.284. The number of aromatic nitrogens is 3. The van der Waals surface area contributed by atoms with Gasteiger partial charge in [0.1, 0.15) is 9.88 Å². The average Bonchev–Trinajstić information content (AvgIpc) is 3.11. The van der Waals surface area contributed by atoms with Crippen LogP contribution in [0.2, 0.25) is 0 Å². The maximum absolute atomic E-state index is 12.2. The third kappa shape index (κ3) is 3.24. The maximum Gasteiger partial charge on any atom is 0.269 e. The molecule has 110 valence electrons. The topological polar surface area (TPSA) is 96.9 Å². The first-order valence-electron chi connectivity index (χ1n) is 6.42. The van der Waals surface area contributed by atoms with Crippen LogP contribution in [-0.4, -0.2) is 27.0 Å². The van der Waals surface area contributed by atoms with Crippen LogP contribution in [0.4, 0.5) is 10.3 Å². The lowest BCUT2D eigenvalue weighted by atomic mass is 10.4. The number of nitrogens with zero attached hydrogens (tertiary/aromatic N) is 3. The van der Waals surface area contributed by atoms with Crippen molar-refractivity contribution in [3.8, 4) is 0 Å². The predicted molar refractivity (Wildman–Crippen MR) is 80.8 cm³/mol. The molecule has 0 spiro atoms. The van der Waals surface area contributed by atoms with Crippen molar-refractivity contribution in [3.63, 3.8) is 0 Å². The van der Waals surface area contributed by atoms with Gasteiger partial charge in [0.25, 0.3) is 5.91 Å². The average molecular weight is 323 g/mol. The second-order valence-corrected chi connectivity index (χ2v) is 6.96. The lowest BCUT2D eigenvalue weighted by Gasteiger charge is -1.98. The van der Waals surface area contributed by atoms with Gasteiger partial charge in [-0.2, -0.15) is 0 Å². The molecule has 0 aromatic carbocycles. The summed E-state index contributed by atoms with van der Waals surface area (Å²) in [6, 6.07) is 0. The highest BCUT2D eigenvalue weighted by atomic mass is 32.1. The van der Waals surface area contributed by atoms with E-state index in [0.29, 0.717) is 20.8 Å². The van der Waals surface area contributed by atoms with E-state index in [1.54, 1.807) is 6.92 Å². The largest absolute Gasteiger partial charge is 0.302 e. The standard InChI is InChI=1S/C12H13N5O2S2/c1-5-8(10(19)15-12-17-16-6(2)20-12)21-11(13-5)14-9(18)7-3-4-7/h7H,3-4H2,1-2H3,(H,13,14,18)(H,15,17,19). The lowest BCUT2D eigenvalue weighted by molar-refractivity contribution is -0.117. The minimum absolute atomic E-state index is 0.0181. The highest BCUT2D eigenvalue weighted by Gasteiger charge is 2.30. The van der Waals surface area contributed by atoms with Gasteiger partial charge in [-0.3, -0.25) is 14.9 Å². The van der Waals surface area contributed by atoms with Crippen molar-refractivity contribution in [1.29, 1.82) is 0 Å². The van der Waals surface area contributed by atoms with Crippen LogP contribution < -0.4 is 10.6 Å². The van der Waals surface area contributed by atoms with E-state index >= 15 is 0 Å². The normalized spacial score (nSPS) is 14.0. The first kappa shape index (κ1) is 14.1. The zero-order chi connectivity index (χ0) is 15.0. The molecule has 0 saturated heterocycles. The minimum Gasteiger partial charge on any atom is -0.302 e. The molecule has 21 heavy (non-hydrogen) atoms. The van der Waals surface area contributed by atoms with E-state index < -0.39 is 0 Å². The van der Waals surface area contributed by atoms with E-state index in [0.717, 1.165) is 17.8 Å². The van der Waals surface area contributed by atoms with E-state index in [1.807, 2.05) is 6.92 Å². The molecule has 9 heteroatoms. The first-order valence-corrected chi connectivity index (χ1v) is 8.06. The van der Waals surface area contributed by atoms with E-state index in [2.05, 4.69) is 25.8 Å². The van der Waals surface area contributed by atoms with Gasteiger partial charge in [0.15, 0.2) is 5.13 Å². The fourth-order valence-electron chi connectivity index (χ4n) is 1.71. The number of amides is 2. The predicted octanol–water partition coefficient (Wildman–Crippen LogP) is 2.21. The van der Waals surface area contributed by atoms with Crippen molar-refractivity contribution in [2.45, 2.75) is 26.7 Å². The molecule has 1 aliphatic carbocycles. The molecule has 2 aromatic heterocycles. The highest BCUT2D eigenvalue weighted by Crippen LogP contribution is 2.31. The van der Waals surface area contributed by atoms with E-state index in [9.17, 15) is 9.59 Å². The third-order valence-corrected chi connectivity index (χ3v) is 4.75. The second-order valence-electron chi connectivity index (χ2n) is 4.78. The molecule has 2 N–H and O–H groups in total. The number of rotatable bonds is 4. The molecule has 7 nitrogen and oxygen atoms in total. The van der Waals surface area contributed by atoms with Crippen LogP contribution in [0, 0.1) is 19.8 Å². The van der Waals surface area contributed by atoms with Crippen LogP contribution in [0.3, 0.4) is 0 Å². The van der Waals surface area contributed by atoms with Crippen LogP contribution in [0.1, 0.15) is 33.2 Å². The van der Waals surface area contributed by atoms with Gasteiger partial charge in [-0.15, -0.1) is 10.2 Å². The lowest BCUT2D eigenvalue weighted by Crippen LogP contribution is -2.12. The summed E-state index contributed by atoms with van der Waals surface area (Å²) in [5.41, 5.74) is 0.588. The molecular weight excluding hydrogens is 310 g/mol. The summed E-state index contributed by atoms with van der Waals surface area (Å²) in [7, 11) is 0. The summed E-state index contributed by atoms with van der Waals surface area (Å²) < 4.78 is 0. The molecule has 1 saturated carbocycles. The fourth-order valence-corrected chi connectivity index (χ4v) is 3.17. The van der Waals surface area contributed by atoms with Gasteiger partial charge in [-0.1, -0.05) is 22.7 Å². The van der Waals surface area contributed by atoms with Gasteiger partial charge in [0.05, 0.1) is 5.69 Å². The summed E-state index contributed by atoms with van der Waals surface area (Å²) in [6.45, 7) is 3.56. The monoisotopic (exact) mass is 323 g/mol. The molecule has 0 radical (unpaired) electrons. The van der Waals surface area contributed by atoms with Crippen LogP contribution in [0.25, 0.3) is 0 Å². The number of hydrogen-bond donors (Lipinski definition) is 2. The van der Waals surface area contributed by atoms with Crippen molar-refractivity contribution >= 4 is 44.8 Å². The van der Waals surface area contributed by atoms with Crippen molar-refractivity contribution in [2.75, 3.05) is 10.6 Å². The zero-order valence-corrected chi connectivity index (χ0v) is 13.1. The third-order valence-electron chi connectivity index (χ3n) is 2.93. The Morgan fingerprint density at radius 2 is 1.86 bits per heavy atom. The Bertz CT molecular complexity index is 704. The Morgan fingerprint density at radius 3 is 2.48 bits per heavy atom. The van der Waals surface area contributed by atoms with E-state index in [1.165, 1.54) is 22.7 Å². The number of aryl methyl sites for hydroxylation is 2. The highest BCUT2D eigenvalue weighted by molar-refractivity contribution is 7.18. The van der Waals surface area contributed by atoms with Crippen LogP contribution >= 0.6 is 22.7 Å². The summed E-state index contributed by atoms with van der Waals surface area (Å²) in [5.74, 6) is -0.195. The SMILES string of the molecule is Cc1nnc(NC(=O)c2sc(NC(=O)C3CC3)nc2C)s1. The first-order chi connectivity index (χ1) is 10.0. The number of thiazole rings is 1. The van der Waals surface area contributed by atoms with E-state index in [-0.39, 0.29) is 17.7 Å². The van der Waals surface area contributed by atoms with Gasteiger partial charge in [0.2, 0.25) is 11.0 Å². The second kappa shape index (κ2) is 5.49.